The van der Waals surface area contributed by atoms with Gasteiger partial charge in [0.15, 0.2) is 0 Å². The third-order valence-electron chi connectivity index (χ3n) is 5.97. The number of ketones is 1. The molecule has 198 valence electrons. The molecule has 1 aliphatic heterocycles. The Hall–Kier alpha value is -2.69. The third kappa shape index (κ3) is 5.01. The number of fused-ring (bicyclic) bond motifs is 2. The third-order valence-corrected chi connectivity index (χ3v) is 8.94. The molecule has 5 rings (SSSR count). The summed E-state index contributed by atoms with van der Waals surface area (Å²) in [7, 11) is -5.65. The molecule has 3 aromatic rings. The van der Waals surface area contributed by atoms with Crippen LogP contribution in [0.3, 0.4) is 0 Å². The van der Waals surface area contributed by atoms with Gasteiger partial charge >= 0.3 is 16.9 Å². The van der Waals surface area contributed by atoms with Crippen LogP contribution in [0.15, 0.2) is 69.3 Å². The maximum Gasteiger partial charge on any atom is 0.391 e. The lowest BCUT2D eigenvalue weighted by Gasteiger charge is -2.22. The van der Waals surface area contributed by atoms with Crippen LogP contribution < -0.4 is 18.5 Å². The van der Waals surface area contributed by atoms with Crippen molar-refractivity contribution >= 4 is 67.7 Å². The minimum Gasteiger partial charge on any atom is -0.506 e. The zero-order valence-electron chi connectivity index (χ0n) is 20.1. The monoisotopic (exact) mass is 593 g/mol. The molecular weight excluding hydrogens is 570 g/mol. The van der Waals surface area contributed by atoms with E-state index in [1.165, 1.54) is 23.1 Å². The van der Waals surface area contributed by atoms with Gasteiger partial charge in [0.2, 0.25) is 11.3 Å². The number of allylic oxidation sites excluding steroid dienone is 3. The normalized spacial score (nSPS) is 18.1. The summed E-state index contributed by atoms with van der Waals surface area (Å²) >= 11 is 2.77. The van der Waals surface area contributed by atoms with Crippen molar-refractivity contribution in [2.24, 2.45) is 0 Å². The van der Waals surface area contributed by atoms with Gasteiger partial charge in [0.1, 0.15) is 28.5 Å². The summed E-state index contributed by atoms with van der Waals surface area (Å²) in [6.07, 6.45) is 3.32. The summed E-state index contributed by atoms with van der Waals surface area (Å²) in [5.41, 5.74) is 2.19. The number of carbonyl (C=O) groups excluding carboxylic acids is 1. The topological polar surface area (TPSA) is 141 Å². The number of carbonyl (C=O) groups is 1. The fraction of sp³-hybridized carbons (Fsp3) is 0.167. The second kappa shape index (κ2) is 10.8. The lowest BCUT2D eigenvalue weighted by atomic mass is 9.88. The van der Waals surface area contributed by atoms with E-state index < -0.39 is 16.9 Å². The van der Waals surface area contributed by atoms with Crippen molar-refractivity contribution in [2.75, 3.05) is 11.4 Å². The molecule has 0 amide bonds. The Labute approximate surface area is 227 Å². The average Bonchev–Trinajstić information content (AvgIpc) is 3.40. The highest BCUT2D eigenvalue weighted by Crippen LogP contribution is 2.49. The molecule has 2 heterocycles. The summed E-state index contributed by atoms with van der Waals surface area (Å²) in [6, 6.07) is 10.2. The predicted molar refractivity (Wildman–Crippen MR) is 148 cm³/mol. The van der Waals surface area contributed by atoms with Crippen molar-refractivity contribution in [1.82, 2.24) is 0 Å². The van der Waals surface area contributed by atoms with E-state index in [0.29, 0.717) is 18.8 Å². The van der Waals surface area contributed by atoms with Crippen LogP contribution in [0.25, 0.3) is 16.3 Å². The van der Waals surface area contributed by atoms with Crippen LogP contribution >= 0.6 is 40.0 Å². The van der Waals surface area contributed by atoms with Crippen LogP contribution in [0, 0.1) is 0 Å². The number of aliphatic hydroxyl groups is 1. The van der Waals surface area contributed by atoms with E-state index in [4.69, 9.17) is 23.7 Å². The number of nitrogens with zero attached hydrogens (tertiary/aromatic N) is 2. The summed E-state index contributed by atoms with van der Waals surface area (Å²) < 4.78 is 23.8. The SMILES string of the molecule is CCN1/C(=C/C2=C(O)C(=C/c3sc4cc(OP(O)O)ccc4[n+]3CC)/C2=O)Sc2cc(O[PH](=O)O)ccc21. The van der Waals surface area contributed by atoms with E-state index in [2.05, 4.69) is 0 Å². The number of rotatable bonds is 8. The number of hydrogen-bond donors (Lipinski definition) is 4. The van der Waals surface area contributed by atoms with Crippen molar-refractivity contribution in [3.63, 3.8) is 0 Å². The Morgan fingerprint density at radius 1 is 1.13 bits per heavy atom. The molecule has 1 aliphatic carbocycles. The van der Waals surface area contributed by atoms with Gasteiger partial charge in [-0.3, -0.25) is 4.79 Å². The van der Waals surface area contributed by atoms with Gasteiger partial charge in [0, 0.05) is 29.6 Å². The Morgan fingerprint density at radius 3 is 2.55 bits per heavy atom. The van der Waals surface area contributed by atoms with Crippen LogP contribution in [0.4, 0.5) is 5.69 Å². The molecule has 0 saturated carbocycles. The summed E-state index contributed by atoms with van der Waals surface area (Å²) in [5, 5.41) is 12.3. The molecule has 14 heteroatoms. The number of anilines is 1. The molecule has 1 atom stereocenters. The molecule has 0 spiro atoms. The quantitative estimate of drug-likeness (QED) is 0.163. The highest BCUT2D eigenvalue weighted by Gasteiger charge is 2.36. The molecule has 10 nitrogen and oxygen atoms in total. The van der Waals surface area contributed by atoms with Gasteiger partial charge in [-0.1, -0.05) is 23.1 Å². The van der Waals surface area contributed by atoms with Gasteiger partial charge in [0.05, 0.1) is 21.9 Å². The van der Waals surface area contributed by atoms with Gasteiger partial charge in [-0.2, -0.15) is 4.57 Å². The first kappa shape index (κ1) is 26.9. The zero-order chi connectivity index (χ0) is 27.1. The number of aryl methyl sites for hydroxylation is 1. The van der Waals surface area contributed by atoms with Crippen molar-refractivity contribution < 1.29 is 42.8 Å². The van der Waals surface area contributed by atoms with E-state index in [1.54, 1.807) is 42.5 Å². The number of thioether (sulfide) groups is 1. The highest BCUT2D eigenvalue weighted by atomic mass is 32.2. The Morgan fingerprint density at radius 2 is 1.89 bits per heavy atom. The van der Waals surface area contributed by atoms with Crippen molar-refractivity contribution in [3.05, 3.63) is 69.4 Å². The number of hydrogen-bond acceptors (Lipinski definition) is 10. The molecule has 38 heavy (non-hydrogen) atoms. The second-order valence-electron chi connectivity index (χ2n) is 8.13. The van der Waals surface area contributed by atoms with Gasteiger partial charge in [-0.25, -0.2) is 4.57 Å². The molecular formula is C24H23N2O8P2S2+. The first-order valence-corrected chi connectivity index (χ1v) is 15.5. The fourth-order valence-electron chi connectivity index (χ4n) is 4.31. The molecule has 2 aromatic carbocycles. The van der Waals surface area contributed by atoms with E-state index in [0.717, 1.165) is 30.8 Å². The van der Waals surface area contributed by atoms with Crippen LogP contribution in [-0.2, 0) is 15.9 Å². The molecule has 4 N–H and O–H groups in total. The minimum atomic E-state index is -3.12. The van der Waals surface area contributed by atoms with Crippen LogP contribution in [0.5, 0.6) is 11.5 Å². The first-order chi connectivity index (χ1) is 18.2. The van der Waals surface area contributed by atoms with Gasteiger partial charge < -0.3 is 33.7 Å². The molecule has 1 unspecified atom stereocenters. The molecule has 0 bridgehead atoms. The number of benzene rings is 2. The van der Waals surface area contributed by atoms with Gasteiger partial charge in [-0.15, -0.1) is 0 Å². The Balaban J connectivity index is 1.45. The van der Waals surface area contributed by atoms with Crippen molar-refractivity contribution in [3.8, 4) is 11.5 Å². The number of Topliss-reactive ketones (excluding diaryl/α,β-unsaturated/α-hetero) is 1. The largest absolute Gasteiger partial charge is 0.506 e. The lowest BCUT2D eigenvalue weighted by molar-refractivity contribution is -0.665. The lowest BCUT2D eigenvalue weighted by Crippen LogP contribution is -2.34. The molecule has 1 aromatic heterocycles. The molecule has 0 radical (unpaired) electrons. The van der Waals surface area contributed by atoms with Gasteiger partial charge in [0.25, 0.3) is 5.01 Å². The van der Waals surface area contributed by atoms with E-state index >= 15 is 0 Å². The molecule has 0 fully saturated rings. The maximum absolute atomic E-state index is 13.1. The zero-order valence-corrected chi connectivity index (χ0v) is 23.6. The summed E-state index contributed by atoms with van der Waals surface area (Å²) in [5.74, 6) is 0.245. The summed E-state index contributed by atoms with van der Waals surface area (Å²) in [4.78, 5) is 43.2. The fourth-order valence-corrected chi connectivity index (χ4v) is 7.34. The van der Waals surface area contributed by atoms with Gasteiger partial charge in [-0.05, 0) is 44.2 Å². The average molecular weight is 594 g/mol. The Bertz CT molecular complexity index is 1580. The predicted octanol–water partition coefficient (Wildman–Crippen LogP) is 4.81. The van der Waals surface area contributed by atoms with Crippen LogP contribution in [0.2, 0.25) is 0 Å². The maximum atomic E-state index is 13.1. The van der Waals surface area contributed by atoms with E-state index in [-0.39, 0.29) is 28.4 Å². The number of aromatic nitrogens is 1. The van der Waals surface area contributed by atoms with Crippen molar-refractivity contribution in [1.29, 1.82) is 0 Å². The van der Waals surface area contributed by atoms with E-state index in [9.17, 15) is 14.5 Å². The summed E-state index contributed by atoms with van der Waals surface area (Å²) in [6.45, 7) is 5.18. The van der Waals surface area contributed by atoms with Crippen LogP contribution in [0.1, 0.15) is 18.9 Å². The minimum absolute atomic E-state index is 0.0895. The smallest absolute Gasteiger partial charge is 0.391 e. The number of thiazole rings is 1. The van der Waals surface area contributed by atoms with E-state index in [1.807, 2.05) is 29.4 Å². The standard InChI is InChI=1S/C24H22N2O8P2S2/c1-3-25-17-7-5-13(33-35(29)30)9-19(17)37-21(25)11-15-23(27)16(24(15)28)12-22-26(4-2)18-8-6-14(34-36(31)32)10-20(18)38-22/h5-12,29-30,36H,3-4H2,1-2H3,(H-,27,28,31,32)/p+1. The molecule has 2 aliphatic rings. The van der Waals surface area contributed by atoms with Crippen LogP contribution in [-0.4, -0.2) is 32.1 Å². The second-order valence-corrected chi connectivity index (χ2v) is 11.7. The number of aliphatic hydroxyl groups excluding tert-OH is 1. The van der Waals surface area contributed by atoms with Crippen molar-refractivity contribution in [2.45, 2.75) is 25.3 Å². The highest BCUT2D eigenvalue weighted by molar-refractivity contribution is 8.03. The Kier molecular flexibility index (Phi) is 7.66. The first-order valence-electron chi connectivity index (χ1n) is 11.4. The molecule has 0 saturated heterocycles.